The van der Waals surface area contributed by atoms with Crippen LogP contribution in [0.2, 0.25) is 0 Å². The van der Waals surface area contributed by atoms with E-state index in [1.807, 2.05) is 73.3 Å². The molecule has 0 fully saturated rings. The number of nitrogens with zero attached hydrogens (tertiary/aromatic N) is 4. The van der Waals surface area contributed by atoms with Crippen molar-refractivity contribution in [3.63, 3.8) is 0 Å². The Bertz CT molecular complexity index is 2000. The number of hydrogen-bond acceptors (Lipinski definition) is 10. The van der Waals surface area contributed by atoms with Gasteiger partial charge in [-0.1, -0.05) is 0 Å². The number of carboxylic acids is 2. The smallest absolute Gasteiger partial charge is 0.328 e. The Hall–Kier alpha value is -7.28. The topological polar surface area (TPSA) is 276 Å². The van der Waals surface area contributed by atoms with Gasteiger partial charge in [-0.15, -0.1) is 0 Å². The quantitative estimate of drug-likeness (QED) is 0.179. The zero-order valence-corrected chi connectivity index (χ0v) is 26.1. The van der Waals surface area contributed by atoms with E-state index < -0.39 is 59.2 Å². The maximum absolute atomic E-state index is 12.5. The molecule has 6 aromatic heterocycles. The maximum atomic E-state index is 12.5. The number of nitrogens with one attached hydrogen (secondary N) is 4. The zero-order chi connectivity index (χ0) is 36.5. The van der Waals surface area contributed by atoms with Crippen LogP contribution >= 0.6 is 0 Å². The van der Waals surface area contributed by atoms with Crippen LogP contribution in [0.15, 0.2) is 130 Å². The first-order valence-corrected chi connectivity index (χ1v) is 14.1. The van der Waals surface area contributed by atoms with Gasteiger partial charge < -0.3 is 25.3 Å². The fourth-order valence-corrected chi connectivity index (χ4v) is 3.73. The van der Waals surface area contributed by atoms with E-state index in [4.69, 9.17) is 0 Å². The second-order valence-electron chi connectivity index (χ2n) is 9.52. The van der Waals surface area contributed by atoms with Crippen LogP contribution < -0.4 is 42.7 Å². The van der Waals surface area contributed by atoms with Crippen molar-refractivity contribution in [1.29, 1.82) is 0 Å². The van der Waals surface area contributed by atoms with Crippen LogP contribution in [-0.2, 0) is 22.7 Å². The third-order valence-corrected chi connectivity index (χ3v) is 6.00. The van der Waals surface area contributed by atoms with Gasteiger partial charge in [0.05, 0.1) is 37.4 Å². The lowest BCUT2D eigenvalue weighted by Crippen LogP contribution is -2.37. The Labute approximate surface area is 284 Å². The summed E-state index contributed by atoms with van der Waals surface area (Å²) < 4.78 is 26.0. The van der Waals surface area contributed by atoms with Crippen molar-refractivity contribution in [2.75, 3.05) is 0 Å². The predicted molar refractivity (Wildman–Crippen MR) is 169 cm³/mol. The molecule has 0 aliphatic carbocycles. The number of carbonyl (C=O) groups is 2. The summed E-state index contributed by atoms with van der Waals surface area (Å²) in [7, 11) is 0. The first kappa shape index (κ1) is 39.9. The molecule has 19 heteroatoms. The molecule has 0 saturated heterocycles. The number of aromatic amines is 4. The van der Waals surface area contributed by atoms with Crippen LogP contribution in [0.1, 0.15) is 0 Å². The van der Waals surface area contributed by atoms with Gasteiger partial charge in [-0.3, -0.25) is 38.7 Å². The Kier molecular flexibility index (Phi) is 15.8. The van der Waals surface area contributed by atoms with Crippen molar-refractivity contribution in [2.45, 2.75) is 13.1 Å². The van der Waals surface area contributed by atoms with Crippen LogP contribution in [0.5, 0.6) is 0 Å². The molecule has 51 heavy (non-hydrogen) atoms. The largest absolute Gasteiger partial charge is 0.548 e. The van der Waals surface area contributed by atoms with Gasteiger partial charge in [-0.05, 0) is 46.5 Å². The van der Waals surface area contributed by atoms with Crippen molar-refractivity contribution in [2.24, 2.45) is 0 Å². The summed E-state index contributed by atoms with van der Waals surface area (Å²) >= 11 is 0. The van der Waals surface area contributed by atoms with Gasteiger partial charge >= 0.3 is 11.4 Å². The van der Waals surface area contributed by atoms with E-state index in [0.717, 1.165) is 0 Å². The maximum Gasteiger partial charge on any atom is 0.328 e. The van der Waals surface area contributed by atoms with E-state index in [1.54, 1.807) is 34.8 Å². The van der Waals surface area contributed by atoms with E-state index in [-0.39, 0.29) is 5.48 Å². The fourth-order valence-electron chi connectivity index (χ4n) is 3.73. The lowest BCUT2D eigenvalue weighted by Gasteiger charge is -2.04. The van der Waals surface area contributed by atoms with Crippen LogP contribution in [-0.4, -0.2) is 46.5 Å². The molecule has 6 aromatic rings. The van der Waals surface area contributed by atoms with Crippen LogP contribution in [0.4, 0.5) is 8.78 Å². The average Bonchev–Trinajstić information content (AvgIpc) is 3.12. The lowest BCUT2D eigenvalue weighted by molar-refractivity contribution is -0.378. The number of halogens is 2. The minimum absolute atomic E-state index is 0. The van der Waals surface area contributed by atoms with E-state index in [0.29, 0.717) is 21.5 Å². The van der Waals surface area contributed by atoms with Gasteiger partial charge in [-0.2, -0.15) is 8.78 Å². The van der Waals surface area contributed by atoms with Crippen molar-refractivity contribution >= 4 is 11.9 Å². The van der Waals surface area contributed by atoms with E-state index in [2.05, 4.69) is 19.9 Å². The lowest BCUT2D eigenvalue weighted by atomic mass is 10.1. The molecule has 0 radical (unpaired) electrons. The van der Waals surface area contributed by atoms with E-state index in [9.17, 15) is 47.8 Å². The van der Waals surface area contributed by atoms with Gasteiger partial charge in [0.15, 0.2) is 24.8 Å². The summed E-state index contributed by atoms with van der Waals surface area (Å²) in [5.74, 6) is -5.54. The summed E-state index contributed by atoms with van der Waals surface area (Å²) in [6, 6.07) is 16.1. The highest BCUT2D eigenvalue weighted by atomic mass is 19.1. The highest BCUT2D eigenvalue weighted by Crippen LogP contribution is 2.15. The third-order valence-electron chi connectivity index (χ3n) is 6.00. The Balaban J connectivity index is 0.000000234. The molecule has 0 aliphatic heterocycles. The third kappa shape index (κ3) is 13.4. The average molecular weight is 707 g/mol. The van der Waals surface area contributed by atoms with Gasteiger partial charge in [-0.25, -0.2) is 19.6 Å². The summed E-state index contributed by atoms with van der Waals surface area (Å²) in [5.41, 5.74) is 0.454. The second kappa shape index (κ2) is 20.2. The van der Waals surface area contributed by atoms with Crippen molar-refractivity contribution in [1.82, 2.24) is 29.1 Å². The van der Waals surface area contributed by atoms with E-state index in [1.165, 1.54) is 22.3 Å². The van der Waals surface area contributed by atoms with E-state index >= 15 is 0 Å². The molecule has 0 saturated carbocycles. The fraction of sp³-hybridized carbons (Fsp3) is 0.0625. The normalized spacial score (nSPS) is 9.61. The number of H-pyrrole nitrogens is 4. The van der Waals surface area contributed by atoms with Gasteiger partial charge in [0.2, 0.25) is 11.6 Å². The Morgan fingerprint density at radius 1 is 0.588 bits per heavy atom. The summed E-state index contributed by atoms with van der Waals surface area (Å²) in [5, 5.41) is 20.1. The molecule has 0 aliphatic rings. The molecule has 6 heterocycles. The number of aliphatic carboxylic acids is 2. The molecule has 0 atom stereocenters. The highest BCUT2D eigenvalue weighted by Gasteiger charge is 2.04. The first-order chi connectivity index (χ1) is 23.9. The highest BCUT2D eigenvalue weighted by molar-refractivity contribution is 5.64. The number of rotatable bonds is 6. The van der Waals surface area contributed by atoms with Crippen LogP contribution in [0.25, 0.3) is 22.3 Å². The molecular formula is C32H28F2N8O9. The molecule has 0 unspecified atom stereocenters. The standard InChI is InChI=1S/2C10H8N2.2C6H5FN2O4.H2O/c2*1-5-11-6-2-9(1)10-3-7-12-8-4-10;2*7-3-1-9(2-4(10)11)6(13)8-5(3)12;/h2*1-8H;2*1H,2H2,(H,10,11)(H,8,12,13);1H2. The summed E-state index contributed by atoms with van der Waals surface area (Å²) in [6.45, 7) is -1.60. The second-order valence-corrected chi connectivity index (χ2v) is 9.52. The van der Waals surface area contributed by atoms with Crippen molar-refractivity contribution in [3.8, 4) is 22.3 Å². The van der Waals surface area contributed by atoms with Gasteiger partial charge in [0.1, 0.15) is 0 Å². The number of aromatic nitrogens is 8. The van der Waals surface area contributed by atoms with Gasteiger partial charge in [0.25, 0.3) is 11.1 Å². The molecule has 0 bridgehead atoms. The number of carboxylic acid groups (broad SMARTS) is 2. The molecule has 264 valence electrons. The Morgan fingerprint density at radius 2 is 0.882 bits per heavy atom. The minimum Gasteiger partial charge on any atom is -0.548 e. The monoisotopic (exact) mass is 706 g/mol. The molecule has 0 aromatic carbocycles. The molecule has 6 rings (SSSR count). The molecular weight excluding hydrogens is 678 g/mol. The van der Waals surface area contributed by atoms with Gasteiger partial charge in [0, 0.05) is 49.1 Å². The molecule has 17 nitrogen and oxygen atoms in total. The van der Waals surface area contributed by atoms with Crippen molar-refractivity contribution < 1.29 is 44.0 Å². The Morgan fingerprint density at radius 3 is 1.18 bits per heavy atom. The number of pyridine rings is 4. The summed E-state index contributed by atoms with van der Waals surface area (Å²) in [6.07, 6.45) is 15.9. The number of hydrogen-bond donors (Lipinski definition) is 2. The molecule has 0 spiro atoms. The minimum atomic E-state index is -1.55. The van der Waals surface area contributed by atoms with Crippen molar-refractivity contribution in [3.05, 3.63) is 164 Å². The number of carbonyl (C=O) groups excluding carboxylic acids is 2. The molecule has 6 N–H and O–H groups in total. The van der Waals surface area contributed by atoms with Crippen LogP contribution in [0.3, 0.4) is 0 Å². The summed E-state index contributed by atoms with van der Waals surface area (Å²) in [4.78, 5) is 79.7. The zero-order valence-electron chi connectivity index (χ0n) is 26.1. The first-order valence-electron chi connectivity index (χ1n) is 14.1. The SMILES string of the molecule is O.O=C([O-])Cn1cc(F)c(=O)[nH]c1=O.O=C([O-])Cn1cc(F)c(=O)[nH]c1=O.c1cc(-c2cc[nH+]cc2)ccn1.c1cc(-c2cc[nH+]cc2)ccn1. The predicted octanol–water partition coefficient (Wildman–Crippen LogP) is -2.85. The molecule has 0 amide bonds. The van der Waals surface area contributed by atoms with Crippen LogP contribution in [0, 0.1) is 11.6 Å².